The summed E-state index contributed by atoms with van der Waals surface area (Å²) < 4.78 is 4.83. The topological polar surface area (TPSA) is 29.5 Å². The van der Waals surface area contributed by atoms with Crippen molar-refractivity contribution in [2.45, 2.75) is 41.5 Å². The minimum Gasteiger partial charge on any atom is -0.397 e. The molecule has 0 aromatic carbocycles. The van der Waals surface area contributed by atoms with Crippen LogP contribution in [0.25, 0.3) is 0 Å². The molecule has 0 heterocycles. The average molecular weight is 246 g/mol. The summed E-state index contributed by atoms with van der Waals surface area (Å²) in [6, 6.07) is 0. The summed E-state index contributed by atoms with van der Waals surface area (Å²) in [5.74, 6) is 0. The molecule has 0 unspecified atom stereocenters. The van der Waals surface area contributed by atoms with Gasteiger partial charge in [-0.05, 0) is 41.5 Å². The van der Waals surface area contributed by atoms with Gasteiger partial charge >= 0.3 is 0 Å². The van der Waals surface area contributed by atoms with Crippen molar-refractivity contribution in [3.63, 3.8) is 0 Å². The highest BCUT2D eigenvalue weighted by atomic mass is 16.5. The largest absolute Gasteiger partial charge is 0.397 e. The Morgan fingerprint density at radius 3 is 0.941 bits per heavy atom. The fraction of sp³-hybridized carbons (Fsp3) is 0.600. The molecule has 0 fully saturated rings. The molecule has 17 heavy (non-hydrogen) atoms. The predicted octanol–water partition coefficient (Wildman–Crippen LogP) is 4.62. The molecule has 0 atom stereocenters. The smallest absolute Gasteiger partial charge is 0.0437 e. The van der Waals surface area contributed by atoms with Gasteiger partial charge in [-0.2, -0.15) is 0 Å². The van der Waals surface area contributed by atoms with Crippen molar-refractivity contribution in [3.05, 3.63) is 38.0 Å². The monoisotopic (exact) mass is 246 g/mol. The number of aliphatic hydroxyl groups excluding tert-OH is 1. The molecular formula is C15H34O2. The maximum Gasteiger partial charge on any atom is 0.0437 e. The minimum absolute atomic E-state index is 0.250. The fourth-order valence-electron chi connectivity index (χ4n) is 0.204. The van der Waals surface area contributed by atoms with Gasteiger partial charge in [0, 0.05) is 19.8 Å². The summed E-state index contributed by atoms with van der Waals surface area (Å²) in [6.07, 6.45) is 5.25. The normalized spacial score (nSPS) is 5.82. The van der Waals surface area contributed by atoms with E-state index in [0.29, 0.717) is 0 Å². The summed E-state index contributed by atoms with van der Waals surface area (Å²) >= 11 is 0. The number of ether oxygens (including phenoxy) is 1. The molecule has 0 aromatic heterocycles. The van der Waals surface area contributed by atoms with Gasteiger partial charge in [-0.1, -0.05) is 18.2 Å². The quantitative estimate of drug-likeness (QED) is 0.720. The van der Waals surface area contributed by atoms with Crippen LogP contribution in [-0.2, 0) is 4.74 Å². The van der Waals surface area contributed by atoms with E-state index < -0.39 is 0 Å². The Balaban J connectivity index is -0.0000000362. The van der Waals surface area contributed by atoms with E-state index >= 15 is 0 Å². The molecule has 106 valence electrons. The molecule has 0 saturated carbocycles. The zero-order chi connectivity index (χ0) is 14.9. The van der Waals surface area contributed by atoms with Crippen LogP contribution in [0.5, 0.6) is 0 Å². The van der Waals surface area contributed by atoms with E-state index in [-0.39, 0.29) is 6.61 Å². The van der Waals surface area contributed by atoms with Gasteiger partial charge in [0.05, 0.1) is 0 Å². The number of hydrogen-bond acceptors (Lipinski definition) is 2. The maximum absolute atomic E-state index is 7.57. The van der Waals surface area contributed by atoms with Gasteiger partial charge in [0.15, 0.2) is 0 Å². The van der Waals surface area contributed by atoms with Crippen molar-refractivity contribution in [1.82, 2.24) is 0 Å². The van der Waals surface area contributed by atoms with E-state index in [0.717, 1.165) is 13.2 Å². The Labute approximate surface area is 110 Å². The summed E-state index contributed by atoms with van der Waals surface area (Å²) in [5, 5.41) is 7.57. The Morgan fingerprint density at radius 1 is 0.824 bits per heavy atom. The molecule has 0 spiro atoms. The predicted molar refractivity (Wildman–Crippen MR) is 82.5 cm³/mol. The maximum atomic E-state index is 7.57. The van der Waals surface area contributed by atoms with Crippen molar-refractivity contribution in [2.75, 3.05) is 19.8 Å². The lowest BCUT2D eigenvalue weighted by Crippen LogP contribution is -1.84. The highest BCUT2D eigenvalue weighted by molar-refractivity contribution is 4.52. The van der Waals surface area contributed by atoms with Crippen LogP contribution in [0.15, 0.2) is 38.0 Å². The molecule has 2 heteroatoms. The van der Waals surface area contributed by atoms with Crippen molar-refractivity contribution >= 4 is 0 Å². The molecule has 0 rings (SSSR count). The van der Waals surface area contributed by atoms with Gasteiger partial charge in [0.1, 0.15) is 0 Å². The zero-order valence-corrected chi connectivity index (χ0v) is 12.8. The van der Waals surface area contributed by atoms with Crippen LogP contribution in [0.2, 0.25) is 0 Å². The van der Waals surface area contributed by atoms with Crippen LogP contribution in [0, 0.1) is 0 Å². The van der Waals surface area contributed by atoms with E-state index in [4.69, 9.17) is 9.84 Å². The number of aliphatic hydroxyl groups is 1. The van der Waals surface area contributed by atoms with Crippen molar-refractivity contribution < 1.29 is 9.84 Å². The third-order valence-corrected chi connectivity index (χ3v) is 0.408. The van der Waals surface area contributed by atoms with E-state index in [1.54, 1.807) is 25.2 Å². The fourth-order valence-corrected chi connectivity index (χ4v) is 0.204. The first-order valence-corrected chi connectivity index (χ1v) is 5.97. The Kier molecular flexibility index (Phi) is 141. The summed E-state index contributed by atoms with van der Waals surface area (Å²) in [5.41, 5.74) is 0. The highest BCUT2D eigenvalue weighted by Gasteiger charge is 1.64. The van der Waals surface area contributed by atoms with Crippen LogP contribution < -0.4 is 0 Å². The van der Waals surface area contributed by atoms with Crippen LogP contribution in [0.3, 0.4) is 0 Å². The highest BCUT2D eigenvalue weighted by Crippen LogP contribution is 1.64. The molecule has 2 nitrogen and oxygen atoms in total. The summed E-state index contributed by atoms with van der Waals surface area (Å²) in [6.45, 7) is 23.3. The van der Waals surface area contributed by atoms with E-state index in [2.05, 4.69) is 19.7 Å². The first-order valence-electron chi connectivity index (χ1n) is 5.97. The van der Waals surface area contributed by atoms with Gasteiger partial charge in [-0.25, -0.2) is 0 Å². The lowest BCUT2D eigenvalue weighted by molar-refractivity contribution is 0.162. The van der Waals surface area contributed by atoms with Crippen LogP contribution in [0.1, 0.15) is 41.5 Å². The molecule has 0 aliphatic heterocycles. The van der Waals surface area contributed by atoms with E-state index in [9.17, 15) is 0 Å². The van der Waals surface area contributed by atoms with Gasteiger partial charge < -0.3 is 9.84 Å². The lowest BCUT2D eigenvalue weighted by Gasteiger charge is -1.86. The van der Waals surface area contributed by atoms with Crippen molar-refractivity contribution in [3.8, 4) is 0 Å². The SMILES string of the molecule is C=CC.C=CC.C=CC.CCO.CCOCC. The molecule has 0 bridgehead atoms. The first-order chi connectivity index (χ1) is 8.07. The van der Waals surface area contributed by atoms with Crippen molar-refractivity contribution in [1.29, 1.82) is 0 Å². The molecule has 0 amide bonds. The lowest BCUT2D eigenvalue weighted by atomic mass is 10.8. The second-order valence-electron chi connectivity index (χ2n) is 2.32. The summed E-state index contributed by atoms with van der Waals surface area (Å²) in [7, 11) is 0. The van der Waals surface area contributed by atoms with Crippen molar-refractivity contribution in [2.24, 2.45) is 0 Å². The van der Waals surface area contributed by atoms with Gasteiger partial charge in [-0.3, -0.25) is 0 Å². The molecule has 0 aromatic rings. The Bertz CT molecular complexity index is 82.8. The van der Waals surface area contributed by atoms with Crippen LogP contribution >= 0.6 is 0 Å². The third-order valence-electron chi connectivity index (χ3n) is 0.408. The summed E-state index contributed by atoms with van der Waals surface area (Å²) in [4.78, 5) is 0. The molecule has 0 saturated heterocycles. The molecule has 1 N–H and O–H groups in total. The second kappa shape index (κ2) is 80.3. The minimum atomic E-state index is 0.250. The average Bonchev–Trinajstić information content (AvgIpc) is 2.23. The Morgan fingerprint density at radius 2 is 0.941 bits per heavy atom. The number of rotatable bonds is 2. The Hall–Kier alpha value is -0.860. The number of allylic oxidation sites excluding steroid dienone is 3. The molecular weight excluding hydrogens is 212 g/mol. The number of hydrogen-bond donors (Lipinski definition) is 1. The molecule has 0 radical (unpaired) electrons. The van der Waals surface area contributed by atoms with Gasteiger partial charge in [0.2, 0.25) is 0 Å². The first kappa shape index (κ1) is 29.8. The van der Waals surface area contributed by atoms with Crippen LogP contribution in [-0.4, -0.2) is 24.9 Å². The van der Waals surface area contributed by atoms with Crippen LogP contribution in [0.4, 0.5) is 0 Å². The third kappa shape index (κ3) is 2010. The van der Waals surface area contributed by atoms with Gasteiger partial charge in [-0.15, -0.1) is 19.7 Å². The van der Waals surface area contributed by atoms with E-state index in [1.807, 2.05) is 34.6 Å². The second-order valence-corrected chi connectivity index (χ2v) is 2.32. The molecule has 0 aliphatic rings. The zero-order valence-electron chi connectivity index (χ0n) is 12.8. The van der Waals surface area contributed by atoms with Gasteiger partial charge in [0.25, 0.3) is 0 Å². The standard InChI is InChI=1S/C4H10O.3C3H6.C2H6O/c1-3-5-4-2;3*1-3-2;1-2-3/h3-4H2,1-2H3;3*3H,1H2,2H3;3H,2H2,1H3. The van der Waals surface area contributed by atoms with E-state index in [1.165, 1.54) is 0 Å². The molecule has 0 aliphatic carbocycles.